The number of benzene rings is 1. The van der Waals surface area contributed by atoms with Gasteiger partial charge in [0, 0.05) is 17.8 Å². The fourth-order valence-electron chi connectivity index (χ4n) is 1.72. The fraction of sp³-hybridized carbons (Fsp3) is 0.0625. The molecule has 5 nitrogen and oxygen atoms in total. The van der Waals surface area contributed by atoms with Gasteiger partial charge in [-0.05, 0) is 42.8 Å². The van der Waals surface area contributed by atoms with E-state index in [1.807, 2.05) is 6.92 Å². The predicted molar refractivity (Wildman–Crippen MR) is 80.0 cm³/mol. The summed E-state index contributed by atoms with van der Waals surface area (Å²) in [7, 11) is 0. The van der Waals surface area contributed by atoms with Crippen LogP contribution in [0.4, 0.5) is 5.69 Å². The van der Waals surface area contributed by atoms with Crippen LogP contribution >= 0.6 is 0 Å². The molecule has 0 aliphatic rings. The number of carbonyl (C=O) groups is 2. The number of aliphatic carboxylic acids is 1. The van der Waals surface area contributed by atoms with E-state index in [2.05, 4.69) is 10.3 Å². The molecule has 1 heterocycles. The van der Waals surface area contributed by atoms with Crippen molar-refractivity contribution in [2.45, 2.75) is 6.92 Å². The predicted octanol–water partition coefficient (Wildman–Crippen LogP) is 2.74. The maximum atomic E-state index is 12.1. The van der Waals surface area contributed by atoms with E-state index in [9.17, 15) is 9.59 Å². The number of anilines is 1. The zero-order valence-electron chi connectivity index (χ0n) is 11.4. The minimum Gasteiger partial charge on any atom is -0.478 e. The molecule has 2 aromatic rings. The lowest BCUT2D eigenvalue weighted by Crippen LogP contribution is -2.13. The number of carboxylic acid groups (broad SMARTS) is 1. The molecule has 0 bridgehead atoms. The average molecular weight is 282 g/mol. The maximum Gasteiger partial charge on any atom is 0.328 e. The molecule has 2 N–H and O–H groups in total. The molecule has 5 heteroatoms. The molecule has 0 saturated heterocycles. The molecule has 1 amide bonds. The lowest BCUT2D eigenvalue weighted by molar-refractivity contribution is -0.131. The van der Waals surface area contributed by atoms with Crippen LogP contribution in [0.25, 0.3) is 6.08 Å². The monoisotopic (exact) mass is 282 g/mol. The smallest absolute Gasteiger partial charge is 0.328 e. The van der Waals surface area contributed by atoms with Crippen LogP contribution < -0.4 is 5.32 Å². The normalized spacial score (nSPS) is 10.5. The first-order chi connectivity index (χ1) is 10.1. The summed E-state index contributed by atoms with van der Waals surface area (Å²) in [5.41, 5.74) is 2.61. The van der Waals surface area contributed by atoms with Crippen LogP contribution in [0.3, 0.4) is 0 Å². The summed E-state index contributed by atoms with van der Waals surface area (Å²) in [5, 5.41) is 11.3. The zero-order chi connectivity index (χ0) is 15.2. The van der Waals surface area contributed by atoms with Gasteiger partial charge in [-0.25, -0.2) is 4.79 Å². The Labute approximate surface area is 122 Å². The summed E-state index contributed by atoms with van der Waals surface area (Å²) in [4.78, 5) is 26.6. The van der Waals surface area contributed by atoms with Gasteiger partial charge in [0.05, 0.1) is 11.4 Å². The van der Waals surface area contributed by atoms with Gasteiger partial charge < -0.3 is 10.4 Å². The molecule has 106 valence electrons. The molecular weight excluding hydrogens is 268 g/mol. The number of rotatable bonds is 4. The Morgan fingerprint density at radius 3 is 2.52 bits per heavy atom. The molecule has 0 spiro atoms. The third-order valence-corrected chi connectivity index (χ3v) is 2.85. The summed E-state index contributed by atoms with van der Waals surface area (Å²) in [5.74, 6) is -1.25. The van der Waals surface area contributed by atoms with Crippen LogP contribution in [0.1, 0.15) is 21.6 Å². The van der Waals surface area contributed by atoms with Crippen LogP contribution in [-0.4, -0.2) is 22.0 Å². The first-order valence-electron chi connectivity index (χ1n) is 6.30. The van der Waals surface area contributed by atoms with Crippen LogP contribution in [0.15, 0.2) is 48.7 Å². The van der Waals surface area contributed by atoms with Gasteiger partial charge >= 0.3 is 5.97 Å². The number of hydrogen-bond acceptors (Lipinski definition) is 3. The second kappa shape index (κ2) is 6.47. The van der Waals surface area contributed by atoms with Crippen LogP contribution in [0.5, 0.6) is 0 Å². The van der Waals surface area contributed by atoms with E-state index in [1.54, 1.807) is 42.6 Å². The molecule has 0 radical (unpaired) electrons. The second-order valence-corrected chi connectivity index (χ2v) is 4.38. The van der Waals surface area contributed by atoms with Gasteiger partial charge in [0.1, 0.15) is 0 Å². The highest BCUT2D eigenvalue weighted by Gasteiger charge is 2.07. The highest BCUT2D eigenvalue weighted by Crippen LogP contribution is 2.13. The first-order valence-corrected chi connectivity index (χ1v) is 6.30. The van der Waals surface area contributed by atoms with Crippen LogP contribution in [0, 0.1) is 6.92 Å². The molecule has 1 aromatic carbocycles. The molecule has 0 unspecified atom stereocenters. The number of nitrogens with one attached hydrogen (secondary N) is 1. The van der Waals surface area contributed by atoms with E-state index >= 15 is 0 Å². The van der Waals surface area contributed by atoms with Crippen molar-refractivity contribution in [2.24, 2.45) is 0 Å². The SMILES string of the molecule is Cc1ncccc1NC(=O)c1ccc(C=CC(=O)O)cc1. The van der Waals surface area contributed by atoms with E-state index in [1.165, 1.54) is 6.08 Å². The Morgan fingerprint density at radius 2 is 1.90 bits per heavy atom. The van der Waals surface area contributed by atoms with E-state index in [0.29, 0.717) is 16.8 Å². The second-order valence-electron chi connectivity index (χ2n) is 4.38. The van der Waals surface area contributed by atoms with E-state index in [0.717, 1.165) is 11.8 Å². The quantitative estimate of drug-likeness (QED) is 0.845. The number of hydrogen-bond donors (Lipinski definition) is 2. The van der Waals surface area contributed by atoms with Gasteiger partial charge in [0.2, 0.25) is 0 Å². The standard InChI is InChI=1S/C16H14N2O3/c1-11-14(3-2-10-17-11)18-16(21)13-7-4-12(5-8-13)6-9-15(19)20/h2-10H,1H3,(H,18,21)(H,19,20). The van der Waals surface area contributed by atoms with Crippen molar-refractivity contribution < 1.29 is 14.7 Å². The number of carboxylic acids is 1. The summed E-state index contributed by atoms with van der Waals surface area (Å²) < 4.78 is 0. The van der Waals surface area contributed by atoms with E-state index < -0.39 is 5.97 Å². The highest BCUT2D eigenvalue weighted by atomic mass is 16.4. The van der Waals surface area contributed by atoms with Crippen molar-refractivity contribution in [3.63, 3.8) is 0 Å². The van der Waals surface area contributed by atoms with Gasteiger partial charge in [0.15, 0.2) is 0 Å². The summed E-state index contributed by atoms with van der Waals surface area (Å²) in [6, 6.07) is 10.2. The van der Waals surface area contributed by atoms with Crippen molar-refractivity contribution >= 4 is 23.6 Å². The molecule has 0 aliphatic carbocycles. The van der Waals surface area contributed by atoms with Gasteiger partial charge in [-0.2, -0.15) is 0 Å². The largest absolute Gasteiger partial charge is 0.478 e. The molecule has 0 aliphatic heterocycles. The number of nitrogens with zero attached hydrogens (tertiary/aromatic N) is 1. The van der Waals surface area contributed by atoms with Crippen LogP contribution in [-0.2, 0) is 4.79 Å². The Morgan fingerprint density at radius 1 is 1.19 bits per heavy atom. The highest BCUT2D eigenvalue weighted by molar-refractivity contribution is 6.04. The molecule has 0 atom stereocenters. The van der Waals surface area contributed by atoms with E-state index in [4.69, 9.17) is 5.11 Å². The molecule has 2 rings (SSSR count). The summed E-state index contributed by atoms with van der Waals surface area (Å²) >= 11 is 0. The maximum absolute atomic E-state index is 12.1. The summed E-state index contributed by atoms with van der Waals surface area (Å²) in [6.45, 7) is 1.81. The number of pyridine rings is 1. The topological polar surface area (TPSA) is 79.3 Å². The molecule has 1 aromatic heterocycles. The molecule has 0 fully saturated rings. The Bertz CT molecular complexity index is 691. The number of aromatic nitrogens is 1. The van der Waals surface area contributed by atoms with E-state index in [-0.39, 0.29) is 5.91 Å². The van der Waals surface area contributed by atoms with Crippen molar-refractivity contribution in [2.75, 3.05) is 5.32 Å². The fourth-order valence-corrected chi connectivity index (χ4v) is 1.72. The first kappa shape index (κ1) is 14.5. The van der Waals surface area contributed by atoms with Crippen molar-refractivity contribution in [3.8, 4) is 0 Å². The number of aryl methyl sites for hydroxylation is 1. The third kappa shape index (κ3) is 4.01. The third-order valence-electron chi connectivity index (χ3n) is 2.85. The number of carbonyl (C=O) groups excluding carboxylic acids is 1. The lowest BCUT2D eigenvalue weighted by atomic mass is 10.1. The van der Waals surface area contributed by atoms with Crippen molar-refractivity contribution in [1.82, 2.24) is 4.98 Å². The van der Waals surface area contributed by atoms with Crippen molar-refractivity contribution in [1.29, 1.82) is 0 Å². The minimum atomic E-state index is -1.01. The van der Waals surface area contributed by atoms with Gasteiger partial charge in [-0.15, -0.1) is 0 Å². The molecular formula is C16H14N2O3. The van der Waals surface area contributed by atoms with Gasteiger partial charge in [0.25, 0.3) is 5.91 Å². The van der Waals surface area contributed by atoms with Crippen molar-refractivity contribution in [3.05, 3.63) is 65.5 Å². The summed E-state index contributed by atoms with van der Waals surface area (Å²) in [6.07, 6.45) is 4.18. The van der Waals surface area contributed by atoms with Gasteiger partial charge in [-0.3, -0.25) is 9.78 Å². The van der Waals surface area contributed by atoms with Gasteiger partial charge in [-0.1, -0.05) is 12.1 Å². The zero-order valence-corrected chi connectivity index (χ0v) is 11.4. The molecule has 21 heavy (non-hydrogen) atoms. The Balaban J connectivity index is 2.10. The molecule has 0 saturated carbocycles. The Hall–Kier alpha value is -2.95. The lowest BCUT2D eigenvalue weighted by Gasteiger charge is -2.07. The average Bonchev–Trinajstić information content (AvgIpc) is 2.48. The minimum absolute atomic E-state index is 0.236. The number of amides is 1. The Kier molecular flexibility index (Phi) is 4.46. The van der Waals surface area contributed by atoms with Crippen LogP contribution in [0.2, 0.25) is 0 Å².